The molecule has 2 heterocycles. The summed E-state index contributed by atoms with van der Waals surface area (Å²) in [6.45, 7) is 10.5. The van der Waals surface area contributed by atoms with E-state index < -0.39 is 0 Å². The van der Waals surface area contributed by atoms with Gasteiger partial charge in [0, 0.05) is 32.8 Å². The van der Waals surface area contributed by atoms with Gasteiger partial charge in [0.05, 0.1) is 12.0 Å². The van der Waals surface area contributed by atoms with Crippen molar-refractivity contribution in [2.24, 2.45) is 5.41 Å². The van der Waals surface area contributed by atoms with Crippen LogP contribution in [0.25, 0.3) is 0 Å². The van der Waals surface area contributed by atoms with Gasteiger partial charge in [0.1, 0.15) is 0 Å². The lowest BCUT2D eigenvalue weighted by Crippen LogP contribution is -2.48. The van der Waals surface area contributed by atoms with Crippen LogP contribution >= 0.6 is 0 Å². The van der Waals surface area contributed by atoms with Crippen molar-refractivity contribution >= 4 is 5.91 Å². The number of hydrogen-bond donors (Lipinski definition) is 1. The van der Waals surface area contributed by atoms with Crippen molar-refractivity contribution in [1.29, 1.82) is 0 Å². The molecule has 0 spiro atoms. The number of nitrogens with one attached hydrogen (secondary N) is 1. The lowest BCUT2D eigenvalue weighted by molar-refractivity contribution is -0.143. The van der Waals surface area contributed by atoms with E-state index in [0.717, 1.165) is 52.1 Å². The first-order valence-corrected chi connectivity index (χ1v) is 7.90. The number of hydrogen-bond acceptors (Lipinski definition) is 4. The molecular weight excluding hydrogens is 254 g/mol. The second-order valence-electron chi connectivity index (χ2n) is 6.05. The zero-order valence-corrected chi connectivity index (χ0v) is 13.2. The molecule has 2 aliphatic rings. The molecule has 0 saturated carbocycles. The van der Waals surface area contributed by atoms with Gasteiger partial charge in [-0.15, -0.1) is 0 Å². The minimum absolute atomic E-state index is 0.291. The van der Waals surface area contributed by atoms with Gasteiger partial charge in [-0.05, 0) is 32.5 Å². The minimum Gasteiger partial charge on any atom is -0.384 e. The first kappa shape index (κ1) is 15.7. The molecule has 0 aromatic carbocycles. The number of carbonyl (C=O) groups excluding carboxylic acids is 1. The Hall–Kier alpha value is -0.650. The molecule has 5 nitrogen and oxygen atoms in total. The number of methoxy groups -OCH3 is 1. The van der Waals surface area contributed by atoms with E-state index in [1.165, 1.54) is 0 Å². The Balaban J connectivity index is 1.99. The van der Waals surface area contributed by atoms with E-state index in [1.807, 2.05) is 0 Å². The van der Waals surface area contributed by atoms with Crippen LogP contribution < -0.4 is 5.32 Å². The molecule has 2 unspecified atom stereocenters. The van der Waals surface area contributed by atoms with E-state index in [4.69, 9.17) is 4.74 Å². The standard InChI is InChI=1S/C15H29N3O2/c1-4-17(5-2)13-6-9-18(10-13)14(19)15(12-20-3)7-8-16-11-15/h13,16H,4-12H2,1-3H3. The Kier molecular flexibility index (Phi) is 5.41. The van der Waals surface area contributed by atoms with Gasteiger partial charge < -0.3 is 15.0 Å². The molecule has 5 heteroatoms. The number of likely N-dealkylation sites (tertiary alicyclic amines) is 1. The third kappa shape index (κ3) is 3.00. The maximum atomic E-state index is 12.9. The first-order valence-electron chi connectivity index (χ1n) is 7.90. The van der Waals surface area contributed by atoms with Gasteiger partial charge in [-0.1, -0.05) is 13.8 Å². The van der Waals surface area contributed by atoms with E-state index in [1.54, 1.807) is 7.11 Å². The number of rotatable bonds is 6. The van der Waals surface area contributed by atoms with Gasteiger partial charge in [0.25, 0.3) is 0 Å². The summed E-state index contributed by atoms with van der Waals surface area (Å²) >= 11 is 0. The highest BCUT2D eigenvalue weighted by Gasteiger charge is 2.45. The fraction of sp³-hybridized carbons (Fsp3) is 0.933. The topological polar surface area (TPSA) is 44.8 Å². The summed E-state index contributed by atoms with van der Waals surface area (Å²) in [5.74, 6) is 0.291. The Bertz CT molecular complexity index is 325. The summed E-state index contributed by atoms with van der Waals surface area (Å²) in [6, 6.07) is 0.530. The Morgan fingerprint density at radius 3 is 2.75 bits per heavy atom. The molecule has 20 heavy (non-hydrogen) atoms. The number of nitrogens with zero attached hydrogens (tertiary/aromatic N) is 2. The van der Waals surface area contributed by atoms with Crippen LogP contribution in [0, 0.1) is 5.41 Å². The fourth-order valence-corrected chi connectivity index (χ4v) is 3.69. The van der Waals surface area contributed by atoms with Gasteiger partial charge in [-0.3, -0.25) is 9.69 Å². The van der Waals surface area contributed by atoms with Gasteiger partial charge in [0.15, 0.2) is 0 Å². The van der Waals surface area contributed by atoms with E-state index in [-0.39, 0.29) is 5.41 Å². The smallest absolute Gasteiger partial charge is 0.232 e. The maximum Gasteiger partial charge on any atom is 0.232 e. The van der Waals surface area contributed by atoms with Crippen LogP contribution in [0.4, 0.5) is 0 Å². The molecule has 0 radical (unpaired) electrons. The van der Waals surface area contributed by atoms with Crippen LogP contribution in [0.5, 0.6) is 0 Å². The molecule has 0 aromatic rings. The molecule has 2 saturated heterocycles. The van der Waals surface area contributed by atoms with E-state index >= 15 is 0 Å². The van der Waals surface area contributed by atoms with Crippen molar-refractivity contribution in [2.45, 2.75) is 32.7 Å². The lowest BCUT2D eigenvalue weighted by Gasteiger charge is -2.32. The average molecular weight is 283 g/mol. The van der Waals surface area contributed by atoms with Crippen molar-refractivity contribution in [2.75, 3.05) is 53.0 Å². The summed E-state index contributed by atoms with van der Waals surface area (Å²) in [5.41, 5.74) is -0.326. The molecule has 2 rings (SSSR count). The van der Waals surface area contributed by atoms with E-state index in [2.05, 4.69) is 29.0 Å². The van der Waals surface area contributed by atoms with Crippen molar-refractivity contribution in [3.63, 3.8) is 0 Å². The quantitative estimate of drug-likeness (QED) is 0.773. The molecular formula is C15H29N3O2. The van der Waals surface area contributed by atoms with Crippen molar-refractivity contribution in [3.8, 4) is 0 Å². The van der Waals surface area contributed by atoms with Crippen molar-refractivity contribution in [1.82, 2.24) is 15.1 Å². The third-order valence-corrected chi connectivity index (χ3v) is 4.90. The second-order valence-corrected chi connectivity index (χ2v) is 6.05. The Morgan fingerprint density at radius 2 is 2.20 bits per heavy atom. The molecule has 1 N–H and O–H groups in total. The van der Waals surface area contributed by atoms with Crippen LogP contribution in [0.1, 0.15) is 26.7 Å². The van der Waals surface area contributed by atoms with Gasteiger partial charge in [0.2, 0.25) is 5.91 Å². The first-order chi connectivity index (χ1) is 9.66. The monoisotopic (exact) mass is 283 g/mol. The molecule has 2 aliphatic heterocycles. The summed E-state index contributed by atoms with van der Waals surface area (Å²) in [4.78, 5) is 17.4. The molecule has 116 valence electrons. The maximum absolute atomic E-state index is 12.9. The minimum atomic E-state index is -0.326. The van der Waals surface area contributed by atoms with Crippen LogP contribution in [0.15, 0.2) is 0 Å². The number of amides is 1. The molecule has 1 amide bonds. The summed E-state index contributed by atoms with van der Waals surface area (Å²) < 4.78 is 5.33. The number of carbonyl (C=O) groups is 1. The van der Waals surface area contributed by atoms with Crippen LogP contribution in [0.3, 0.4) is 0 Å². The predicted molar refractivity (Wildman–Crippen MR) is 79.7 cm³/mol. The molecule has 0 bridgehead atoms. The summed E-state index contributed by atoms with van der Waals surface area (Å²) in [6.07, 6.45) is 2.00. The van der Waals surface area contributed by atoms with Gasteiger partial charge in [-0.2, -0.15) is 0 Å². The molecule has 2 atom stereocenters. The van der Waals surface area contributed by atoms with E-state index in [0.29, 0.717) is 18.6 Å². The van der Waals surface area contributed by atoms with Crippen LogP contribution in [0.2, 0.25) is 0 Å². The normalized spacial score (nSPS) is 30.4. The lowest BCUT2D eigenvalue weighted by atomic mass is 9.86. The molecule has 0 aromatic heterocycles. The van der Waals surface area contributed by atoms with Gasteiger partial charge >= 0.3 is 0 Å². The summed E-state index contributed by atoms with van der Waals surface area (Å²) in [5, 5.41) is 3.32. The second kappa shape index (κ2) is 6.87. The largest absolute Gasteiger partial charge is 0.384 e. The zero-order valence-electron chi connectivity index (χ0n) is 13.2. The molecule has 0 aliphatic carbocycles. The SMILES string of the molecule is CCN(CC)C1CCN(C(=O)C2(COC)CCNC2)C1. The Morgan fingerprint density at radius 1 is 1.45 bits per heavy atom. The molecule has 2 fully saturated rings. The van der Waals surface area contributed by atoms with Crippen molar-refractivity contribution in [3.05, 3.63) is 0 Å². The highest BCUT2D eigenvalue weighted by Crippen LogP contribution is 2.30. The van der Waals surface area contributed by atoms with Gasteiger partial charge in [-0.25, -0.2) is 0 Å². The number of ether oxygens (including phenoxy) is 1. The van der Waals surface area contributed by atoms with Crippen LogP contribution in [-0.2, 0) is 9.53 Å². The van der Waals surface area contributed by atoms with E-state index in [9.17, 15) is 4.79 Å². The average Bonchev–Trinajstić information content (AvgIpc) is 3.10. The summed E-state index contributed by atoms with van der Waals surface area (Å²) in [7, 11) is 1.69. The third-order valence-electron chi connectivity index (χ3n) is 4.90. The fourth-order valence-electron chi connectivity index (χ4n) is 3.69. The highest BCUT2D eigenvalue weighted by atomic mass is 16.5. The van der Waals surface area contributed by atoms with Crippen molar-refractivity contribution < 1.29 is 9.53 Å². The highest BCUT2D eigenvalue weighted by molar-refractivity contribution is 5.84. The number of likely N-dealkylation sites (N-methyl/N-ethyl adjacent to an activating group) is 1. The Labute approximate surface area is 122 Å². The predicted octanol–water partition coefficient (Wildman–Crippen LogP) is 0.555. The van der Waals surface area contributed by atoms with Crippen LogP contribution in [-0.4, -0.2) is 74.7 Å². The zero-order chi connectivity index (χ0) is 14.6.